The van der Waals surface area contributed by atoms with Gasteiger partial charge in [0, 0.05) is 6.54 Å². The second kappa shape index (κ2) is 10.4. The summed E-state index contributed by atoms with van der Waals surface area (Å²) in [6.45, 7) is 6.48. The number of primary amides is 1. The van der Waals surface area contributed by atoms with Crippen molar-refractivity contribution in [2.24, 2.45) is 34.8 Å². The van der Waals surface area contributed by atoms with Gasteiger partial charge in [-0.25, -0.2) is 4.79 Å². The number of nitrogens with one attached hydrogen (secondary N) is 2. The molecule has 4 amide bonds. The predicted octanol–water partition coefficient (Wildman–Crippen LogP) is 1.50. The standard InChI is InChI=1S/C26H40N4O6/c1-4-36-25(35)29-19(15-8-6-5-7-9-15)24(34)30-13-16-18(26(16,2)3)20(30)23(33)28-17(12-14-10-11-14)21(31)22(27)32/h14-20H,4-13H2,1-3H3,(H2,27,32)(H,28,33)(H,29,35)/t16?,17?,18?,19-,20-/m0/s1. The van der Waals surface area contributed by atoms with Crippen LogP contribution in [0.15, 0.2) is 0 Å². The Morgan fingerprint density at radius 2 is 1.69 bits per heavy atom. The van der Waals surface area contributed by atoms with E-state index in [0.717, 1.165) is 44.9 Å². The Kier molecular flexibility index (Phi) is 7.61. The van der Waals surface area contributed by atoms with E-state index in [0.29, 0.717) is 13.0 Å². The van der Waals surface area contributed by atoms with E-state index in [2.05, 4.69) is 24.5 Å². The molecule has 10 heteroatoms. The van der Waals surface area contributed by atoms with Crippen LogP contribution in [0.3, 0.4) is 0 Å². The van der Waals surface area contributed by atoms with Gasteiger partial charge in [0.25, 0.3) is 5.91 Å². The van der Waals surface area contributed by atoms with Crippen LogP contribution in [0.5, 0.6) is 0 Å². The molecule has 5 atom stereocenters. The second-order valence-electron chi connectivity index (χ2n) is 11.6. The lowest BCUT2D eigenvalue weighted by atomic mass is 9.83. The maximum atomic E-state index is 13.9. The molecule has 1 aliphatic heterocycles. The molecule has 1 heterocycles. The van der Waals surface area contributed by atoms with Crippen molar-refractivity contribution < 1.29 is 28.7 Å². The number of piperidine rings is 1. The van der Waals surface area contributed by atoms with Gasteiger partial charge in [-0.2, -0.15) is 0 Å². The summed E-state index contributed by atoms with van der Waals surface area (Å²) in [4.78, 5) is 65.6. The third-order valence-electron chi connectivity index (χ3n) is 8.84. The van der Waals surface area contributed by atoms with Crippen LogP contribution in [0.4, 0.5) is 4.79 Å². The van der Waals surface area contributed by atoms with Gasteiger partial charge < -0.3 is 26.0 Å². The molecule has 3 saturated carbocycles. The monoisotopic (exact) mass is 504 g/mol. The zero-order chi connectivity index (χ0) is 26.2. The molecule has 10 nitrogen and oxygen atoms in total. The molecule has 0 aromatic heterocycles. The summed E-state index contributed by atoms with van der Waals surface area (Å²) in [5.74, 6) is -2.22. The van der Waals surface area contributed by atoms with Crippen LogP contribution in [-0.2, 0) is 23.9 Å². The summed E-state index contributed by atoms with van der Waals surface area (Å²) in [6.07, 6.45) is 6.35. The molecule has 0 bridgehead atoms. The number of fused-ring (bicyclic) bond motifs is 1. The highest BCUT2D eigenvalue weighted by Gasteiger charge is 2.69. The maximum Gasteiger partial charge on any atom is 0.407 e. The van der Waals surface area contributed by atoms with Crippen molar-refractivity contribution in [1.82, 2.24) is 15.5 Å². The lowest BCUT2D eigenvalue weighted by molar-refractivity contribution is -0.144. The third kappa shape index (κ3) is 5.37. The molecule has 36 heavy (non-hydrogen) atoms. The smallest absolute Gasteiger partial charge is 0.407 e. The lowest BCUT2D eigenvalue weighted by Gasteiger charge is -2.37. The third-order valence-corrected chi connectivity index (χ3v) is 8.84. The van der Waals surface area contributed by atoms with Crippen molar-refractivity contribution in [3.63, 3.8) is 0 Å². The number of alkyl carbamates (subject to hydrolysis) is 1. The lowest BCUT2D eigenvalue weighted by Crippen LogP contribution is -2.59. The minimum atomic E-state index is -1.07. The molecule has 4 N–H and O–H groups in total. The highest BCUT2D eigenvalue weighted by molar-refractivity contribution is 6.37. The normalized spacial score (nSPS) is 28.4. The molecular weight excluding hydrogens is 464 g/mol. The van der Waals surface area contributed by atoms with Gasteiger partial charge >= 0.3 is 6.09 Å². The largest absolute Gasteiger partial charge is 0.450 e. The molecule has 4 aliphatic rings. The number of carbonyl (C=O) groups excluding carboxylic acids is 5. The Morgan fingerprint density at radius 3 is 2.28 bits per heavy atom. The first-order valence-corrected chi connectivity index (χ1v) is 13.4. The van der Waals surface area contributed by atoms with E-state index in [1.165, 1.54) is 0 Å². The van der Waals surface area contributed by atoms with Gasteiger partial charge in [-0.3, -0.25) is 19.2 Å². The molecule has 0 aromatic carbocycles. The first kappa shape index (κ1) is 26.4. The van der Waals surface area contributed by atoms with Crippen LogP contribution in [0, 0.1) is 29.1 Å². The Balaban J connectivity index is 1.55. The molecule has 4 fully saturated rings. The number of hydrogen-bond acceptors (Lipinski definition) is 6. The number of hydrogen-bond donors (Lipinski definition) is 3. The fourth-order valence-electron chi connectivity index (χ4n) is 6.49. The summed E-state index contributed by atoms with van der Waals surface area (Å²) >= 11 is 0. The van der Waals surface area contributed by atoms with Crippen LogP contribution in [0.2, 0.25) is 0 Å². The summed E-state index contributed by atoms with van der Waals surface area (Å²) in [5.41, 5.74) is 5.14. The highest BCUT2D eigenvalue weighted by Crippen LogP contribution is 2.65. The van der Waals surface area contributed by atoms with Crippen molar-refractivity contribution in [2.75, 3.05) is 13.2 Å². The fraction of sp³-hybridized carbons (Fsp3) is 0.808. The number of rotatable bonds is 10. The van der Waals surface area contributed by atoms with E-state index in [1.807, 2.05) is 0 Å². The Morgan fingerprint density at radius 1 is 1.03 bits per heavy atom. The second-order valence-corrected chi connectivity index (χ2v) is 11.6. The summed E-state index contributed by atoms with van der Waals surface area (Å²) < 4.78 is 5.08. The molecular formula is C26H40N4O6. The fourth-order valence-corrected chi connectivity index (χ4v) is 6.49. The zero-order valence-corrected chi connectivity index (χ0v) is 21.6. The van der Waals surface area contributed by atoms with Gasteiger partial charge in [-0.15, -0.1) is 0 Å². The van der Waals surface area contributed by atoms with E-state index >= 15 is 0 Å². The summed E-state index contributed by atoms with van der Waals surface area (Å²) in [5, 5.41) is 5.56. The molecule has 3 aliphatic carbocycles. The quantitative estimate of drug-likeness (QED) is 0.384. The number of ether oxygens (including phenoxy) is 1. The van der Waals surface area contributed by atoms with E-state index in [1.54, 1.807) is 11.8 Å². The molecule has 3 unspecified atom stereocenters. The van der Waals surface area contributed by atoms with Gasteiger partial charge in [0.05, 0.1) is 12.6 Å². The molecule has 4 rings (SSSR count). The number of likely N-dealkylation sites (tertiary alicyclic amines) is 1. The average molecular weight is 505 g/mol. The number of nitrogens with two attached hydrogens (primary N) is 1. The molecule has 0 radical (unpaired) electrons. The van der Waals surface area contributed by atoms with E-state index in [9.17, 15) is 24.0 Å². The van der Waals surface area contributed by atoms with Gasteiger partial charge in [-0.05, 0) is 55.3 Å². The Bertz CT molecular complexity index is 910. The predicted molar refractivity (Wildman–Crippen MR) is 130 cm³/mol. The van der Waals surface area contributed by atoms with E-state index < -0.39 is 41.8 Å². The molecule has 0 aromatic rings. The van der Waals surface area contributed by atoms with Crippen molar-refractivity contribution in [2.45, 2.75) is 90.3 Å². The molecule has 200 valence electrons. The number of Topliss-reactive ketones (excluding diaryl/α,β-unsaturated/α-hetero) is 1. The summed E-state index contributed by atoms with van der Waals surface area (Å²) in [7, 11) is 0. The van der Waals surface area contributed by atoms with Gasteiger partial charge in [-0.1, -0.05) is 46.0 Å². The van der Waals surface area contributed by atoms with Crippen molar-refractivity contribution in [3.05, 3.63) is 0 Å². The van der Waals surface area contributed by atoms with Gasteiger partial charge in [0.2, 0.25) is 17.6 Å². The summed E-state index contributed by atoms with van der Waals surface area (Å²) in [6, 6.07) is -2.52. The number of nitrogens with zero attached hydrogens (tertiary/aromatic N) is 1. The van der Waals surface area contributed by atoms with Crippen LogP contribution in [0.25, 0.3) is 0 Å². The van der Waals surface area contributed by atoms with Crippen LogP contribution < -0.4 is 16.4 Å². The maximum absolute atomic E-state index is 13.9. The number of carbonyl (C=O) groups is 5. The SMILES string of the molecule is CCOC(=O)N[C@H](C(=O)N1CC2C([C@H]1C(=O)NC(CC1CC1)C(=O)C(N)=O)C2(C)C)C1CCCCC1. The van der Waals surface area contributed by atoms with E-state index in [-0.39, 0.29) is 41.6 Å². The van der Waals surface area contributed by atoms with Crippen LogP contribution >= 0.6 is 0 Å². The Hall–Kier alpha value is -2.65. The Labute approximate surface area is 212 Å². The number of ketones is 1. The molecule has 0 spiro atoms. The van der Waals surface area contributed by atoms with Gasteiger partial charge in [0.1, 0.15) is 12.1 Å². The minimum absolute atomic E-state index is 0.0247. The van der Waals surface area contributed by atoms with Crippen molar-refractivity contribution >= 4 is 29.6 Å². The van der Waals surface area contributed by atoms with Crippen LogP contribution in [-0.4, -0.2) is 65.8 Å². The topological polar surface area (TPSA) is 148 Å². The minimum Gasteiger partial charge on any atom is -0.450 e. The van der Waals surface area contributed by atoms with E-state index in [4.69, 9.17) is 10.5 Å². The first-order chi connectivity index (χ1) is 17.1. The first-order valence-electron chi connectivity index (χ1n) is 13.4. The van der Waals surface area contributed by atoms with Gasteiger partial charge in [0.15, 0.2) is 0 Å². The van der Waals surface area contributed by atoms with Crippen molar-refractivity contribution in [3.8, 4) is 0 Å². The van der Waals surface area contributed by atoms with Crippen LogP contribution in [0.1, 0.15) is 72.1 Å². The average Bonchev–Trinajstić information content (AvgIpc) is 3.69. The molecule has 1 saturated heterocycles. The highest BCUT2D eigenvalue weighted by atomic mass is 16.5. The number of amides is 4. The zero-order valence-electron chi connectivity index (χ0n) is 21.6. The van der Waals surface area contributed by atoms with Crippen molar-refractivity contribution in [1.29, 1.82) is 0 Å².